The molecule has 0 aromatic heterocycles. The van der Waals surface area contributed by atoms with Gasteiger partial charge in [0.15, 0.2) is 0 Å². The molecule has 0 spiro atoms. The molecule has 0 aliphatic heterocycles. The lowest BCUT2D eigenvalue weighted by atomic mass is 10.2. The van der Waals surface area contributed by atoms with Gasteiger partial charge in [-0.15, -0.1) is 0 Å². The standard InChI is InChI=1S/C10H15NO/c1-3-6-11-10-5-4-9(12)7-8(10)2/h4-5,7,11-12H,3,6H2,1-2H3. The molecule has 2 heteroatoms. The lowest BCUT2D eigenvalue weighted by molar-refractivity contribution is 0.475. The van der Waals surface area contributed by atoms with Gasteiger partial charge in [-0.05, 0) is 37.1 Å². The van der Waals surface area contributed by atoms with E-state index in [1.54, 1.807) is 12.1 Å². The Hall–Kier alpha value is -1.18. The van der Waals surface area contributed by atoms with Gasteiger partial charge >= 0.3 is 0 Å². The van der Waals surface area contributed by atoms with Crippen molar-refractivity contribution in [1.29, 1.82) is 0 Å². The first-order chi connectivity index (χ1) is 5.74. The number of phenols is 1. The van der Waals surface area contributed by atoms with Crippen molar-refractivity contribution in [3.63, 3.8) is 0 Å². The molecule has 0 fully saturated rings. The van der Waals surface area contributed by atoms with E-state index in [1.165, 1.54) is 0 Å². The first-order valence-electron chi connectivity index (χ1n) is 4.27. The molecule has 2 N–H and O–H groups in total. The van der Waals surface area contributed by atoms with Crippen molar-refractivity contribution in [1.82, 2.24) is 0 Å². The third kappa shape index (κ3) is 2.16. The molecule has 2 nitrogen and oxygen atoms in total. The molecule has 1 aromatic carbocycles. The fraction of sp³-hybridized carbons (Fsp3) is 0.400. The van der Waals surface area contributed by atoms with E-state index in [1.807, 2.05) is 13.0 Å². The Balaban J connectivity index is 2.72. The third-order valence-electron chi connectivity index (χ3n) is 1.78. The van der Waals surface area contributed by atoms with Gasteiger partial charge in [0.25, 0.3) is 0 Å². The molecule has 0 amide bonds. The number of benzene rings is 1. The molecule has 0 unspecified atom stereocenters. The normalized spacial score (nSPS) is 9.83. The molecule has 0 saturated carbocycles. The van der Waals surface area contributed by atoms with Crippen LogP contribution in [0.5, 0.6) is 5.75 Å². The Morgan fingerprint density at radius 3 is 2.75 bits per heavy atom. The van der Waals surface area contributed by atoms with Crippen LogP contribution in [0.3, 0.4) is 0 Å². The summed E-state index contributed by atoms with van der Waals surface area (Å²) < 4.78 is 0. The average Bonchev–Trinajstić information content (AvgIpc) is 2.03. The highest BCUT2D eigenvalue weighted by atomic mass is 16.3. The quantitative estimate of drug-likeness (QED) is 0.674. The molecule has 0 aliphatic rings. The lowest BCUT2D eigenvalue weighted by Crippen LogP contribution is -2.00. The SMILES string of the molecule is CCCNc1ccc(O)cc1C. The molecule has 0 atom stereocenters. The maximum absolute atomic E-state index is 9.14. The Morgan fingerprint density at radius 2 is 2.17 bits per heavy atom. The fourth-order valence-corrected chi connectivity index (χ4v) is 1.11. The van der Waals surface area contributed by atoms with Crippen molar-refractivity contribution in [2.45, 2.75) is 20.3 Å². The molecule has 0 saturated heterocycles. The second-order valence-corrected chi connectivity index (χ2v) is 2.93. The zero-order valence-corrected chi connectivity index (χ0v) is 7.59. The van der Waals surface area contributed by atoms with Gasteiger partial charge in [-0.1, -0.05) is 6.92 Å². The van der Waals surface area contributed by atoms with E-state index in [9.17, 15) is 0 Å². The van der Waals surface area contributed by atoms with Crippen molar-refractivity contribution in [3.05, 3.63) is 23.8 Å². The summed E-state index contributed by atoms with van der Waals surface area (Å²) >= 11 is 0. The zero-order valence-electron chi connectivity index (χ0n) is 7.59. The summed E-state index contributed by atoms with van der Waals surface area (Å²) in [6, 6.07) is 5.36. The minimum absolute atomic E-state index is 0.328. The summed E-state index contributed by atoms with van der Waals surface area (Å²) in [6.45, 7) is 5.09. The summed E-state index contributed by atoms with van der Waals surface area (Å²) in [5.41, 5.74) is 2.19. The number of aryl methyl sites for hydroxylation is 1. The summed E-state index contributed by atoms with van der Waals surface area (Å²) in [5.74, 6) is 0.328. The van der Waals surface area contributed by atoms with Crippen molar-refractivity contribution in [2.75, 3.05) is 11.9 Å². The molecule has 1 aromatic rings. The topological polar surface area (TPSA) is 32.3 Å². The first-order valence-corrected chi connectivity index (χ1v) is 4.27. The minimum atomic E-state index is 0.328. The van der Waals surface area contributed by atoms with Gasteiger partial charge in [0.05, 0.1) is 0 Å². The minimum Gasteiger partial charge on any atom is -0.508 e. The van der Waals surface area contributed by atoms with Crippen LogP contribution >= 0.6 is 0 Å². The molecule has 66 valence electrons. The Morgan fingerprint density at radius 1 is 1.42 bits per heavy atom. The first kappa shape index (κ1) is 8.91. The van der Waals surface area contributed by atoms with Crippen molar-refractivity contribution >= 4 is 5.69 Å². The van der Waals surface area contributed by atoms with Gasteiger partial charge in [0, 0.05) is 12.2 Å². The monoisotopic (exact) mass is 165 g/mol. The molecule has 0 heterocycles. The maximum atomic E-state index is 9.14. The van der Waals surface area contributed by atoms with Gasteiger partial charge < -0.3 is 10.4 Å². The van der Waals surface area contributed by atoms with E-state index in [4.69, 9.17) is 5.11 Å². The van der Waals surface area contributed by atoms with Crippen LogP contribution in [0, 0.1) is 6.92 Å². The van der Waals surface area contributed by atoms with Gasteiger partial charge in [0.2, 0.25) is 0 Å². The molecule has 12 heavy (non-hydrogen) atoms. The number of anilines is 1. The van der Waals surface area contributed by atoms with E-state index >= 15 is 0 Å². The number of hydrogen-bond donors (Lipinski definition) is 2. The largest absolute Gasteiger partial charge is 0.508 e. The van der Waals surface area contributed by atoms with E-state index < -0.39 is 0 Å². The number of hydrogen-bond acceptors (Lipinski definition) is 2. The van der Waals surface area contributed by atoms with E-state index in [0.29, 0.717) is 5.75 Å². The van der Waals surface area contributed by atoms with Gasteiger partial charge in [-0.2, -0.15) is 0 Å². The lowest BCUT2D eigenvalue weighted by Gasteiger charge is -2.07. The smallest absolute Gasteiger partial charge is 0.115 e. The van der Waals surface area contributed by atoms with Gasteiger partial charge in [0.1, 0.15) is 5.75 Å². The van der Waals surface area contributed by atoms with Gasteiger partial charge in [-0.25, -0.2) is 0 Å². The Bertz CT molecular complexity index is 258. The number of nitrogens with one attached hydrogen (secondary N) is 1. The number of phenolic OH excluding ortho intramolecular Hbond substituents is 1. The Labute approximate surface area is 73.2 Å². The fourth-order valence-electron chi connectivity index (χ4n) is 1.11. The average molecular weight is 165 g/mol. The highest BCUT2D eigenvalue weighted by Crippen LogP contribution is 2.19. The van der Waals surface area contributed by atoms with Crippen molar-refractivity contribution in [3.8, 4) is 5.75 Å². The second-order valence-electron chi connectivity index (χ2n) is 2.93. The maximum Gasteiger partial charge on any atom is 0.115 e. The van der Waals surface area contributed by atoms with E-state index in [2.05, 4.69) is 12.2 Å². The molecule has 0 aliphatic carbocycles. The molecular formula is C10H15NO. The van der Waals surface area contributed by atoms with Gasteiger partial charge in [-0.3, -0.25) is 0 Å². The summed E-state index contributed by atoms with van der Waals surface area (Å²) in [4.78, 5) is 0. The molecular weight excluding hydrogens is 150 g/mol. The van der Waals surface area contributed by atoms with Crippen LogP contribution in [0.1, 0.15) is 18.9 Å². The van der Waals surface area contributed by atoms with E-state index in [0.717, 1.165) is 24.2 Å². The van der Waals surface area contributed by atoms with Crippen LogP contribution in [0.25, 0.3) is 0 Å². The highest BCUT2D eigenvalue weighted by molar-refractivity contribution is 5.53. The van der Waals surface area contributed by atoms with Crippen LogP contribution in [0.15, 0.2) is 18.2 Å². The van der Waals surface area contributed by atoms with E-state index in [-0.39, 0.29) is 0 Å². The third-order valence-corrected chi connectivity index (χ3v) is 1.78. The van der Waals surface area contributed by atoms with Crippen LogP contribution in [0.2, 0.25) is 0 Å². The highest BCUT2D eigenvalue weighted by Gasteiger charge is 1.96. The molecule has 0 radical (unpaired) electrons. The number of rotatable bonds is 3. The zero-order chi connectivity index (χ0) is 8.97. The predicted octanol–water partition coefficient (Wildman–Crippen LogP) is 2.52. The molecule has 0 bridgehead atoms. The van der Waals surface area contributed by atoms with Crippen molar-refractivity contribution in [2.24, 2.45) is 0 Å². The molecule has 1 rings (SSSR count). The second kappa shape index (κ2) is 4.00. The predicted molar refractivity (Wildman–Crippen MR) is 51.6 cm³/mol. The number of aromatic hydroxyl groups is 1. The summed E-state index contributed by atoms with van der Waals surface area (Å²) in [5, 5.41) is 12.4. The van der Waals surface area contributed by atoms with Crippen LogP contribution in [0.4, 0.5) is 5.69 Å². The Kier molecular flexibility index (Phi) is 2.97. The van der Waals surface area contributed by atoms with Crippen LogP contribution < -0.4 is 5.32 Å². The van der Waals surface area contributed by atoms with Crippen LogP contribution in [-0.2, 0) is 0 Å². The van der Waals surface area contributed by atoms with Crippen LogP contribution in [-0.4, -0.2) is 11.7 Å². The van der Waals surface area contributed by atoms with Crippen molar-refractivity contribution < 1.29 is 5.11 Å². The summed E-state index contributed by atoms with van der Waals surface area (Å²) in [7, 11) is 0. The summed E-state index contributed by atoms with van der Waals surface area (Å²) in [6.07, 6.45) is 1.11.